The van der Waals surface area contributed by atoms with E-state index in [-0.39, 0.29) is 11.3 Å². The molecule has 1 amide bonds. The minimum atomic E-state index is -0.303. The van der Waals surface area contributed by atoms with Crippen molar-refractivity contribution in [3.05, 3.63) is 42.7 Å². The summed E-state index contributed by atoms with van der Waals surface area (Å²) in [6.45, 7) is 3.83. The molecule has 0 bridgehead atoms. The van der Waals surface area contributed by atoms with Crippen LogP contribution in [0, 0.1) is 5.41 Å². The van der Waals surface area contributed by atoms with Crippen LogP contribution >= 0.6 is 0 Å². The highest BCUT2D eigenvalue weighted by atomic mass is 16.2. The number of piperidine rings is 1. The van der Waals surface area contributed by atoms with Gasteiger partial charge in [-0.25, -0.2) is 4.68 Å². The van der Waals surface area contributed by atoms with Crippen LogP contribution in [0.4, 0.5) is 5.69 Å². The zero-order valence-electron chi connectivity index (χ0n) is 12.2. The predicted octanol–water partition coefficient (Wildman–Crippen LogP) is 2.20. The van der Waals surface area contributed by atoms with Crippen LogP contribution in [0.3, 0.4) is 0 Å². The number of carbonyl (C=O) groups excluding carboxylic acids is 1. The molecule has 0 atom stereocenters. The Morgan fingerprint density at radius 2 is 2.05 bits per heavy atom. The lowest BCUT2D eigenvalue weighted by molar-refractivity contribution is -0.126. The molecule has 5 nitrogen and oxygen atoms in total. The number of para-hydroxylation sites is 2. The van der Waals surface area contributed by atoms with Gasteiger partial charge in [-0.1, -0.05) is 19.1 Å². The summed E-state index contributed by atoms with van der Waals surface area (Å²) < 4.78 is 1.76. The summed E-state index contributed by atoms with van der Waals surface area (Å²) in [6.07, 6.45) is 5.33. The molecule has 1 aliphatic heterocycles. The van der Waals surface area contributed by atoms with E-state index in [0.29, 0.717) is 0 Å². The summed E-state index contributed by atoms with van der Waals surface area (Å²) in [7, 11) is 0. The molecule has 5 heteroatoms. The molecule has 0 unspecified atom stereocenters. The van der Waals surface area contributed by atoms with Crippen LogP contribution in [0.5, 0.6) is 0 Å². The molecule has 0 radical (unpaired) electrons. The minimum Gasteiger partial charge on any atom is -0.324 e. The predicted molar refractivity (Wildman–Crippen MR) is 82.4 cm³/mol. The van der Waals surface area contributed by atoms with Crippen molar-refractivity contribution in [1.29, 1.82) is 0 Å². The van der Waals surface area contributed by atoms with Gasteiger partial charge in [0.1, 0.15) is 0 Å². The first-order valence-corrected chi connectivity index (χ1v) is 7.30. The molecule has 21 heavy (non-hydrogen) atoms. The first kappa shape index (κ1) is 13.8. The van der Waals surface area contributed by atoms with Crippen LogP contribution in [-0.4, -0.2) is 28.8 Å². The molecular weight excluding hydrogens is 264 g/mol. The molecule has 2 heterocycles. The Bertz CT molecular complexity index is 615. The summed E-state index contributed by atoms with van der Waals surface area (Å²) in [4.78, 5) is 12.6. The van der Waals surface area contributed by atoms with Crippen molar-refractivity contribution in [1.82, 2.24) is 15.1 Å². The van der Waals surface area contributed by atoms with Crippen molar-refractivity contribution < 1.29 is 4.79 Å². The fourth-order valence-corrected chi connectivity index (χ4v) is 2.67. The van der Waals surface area contributed by atoms with E-state index in [4.69, 9.17) is 0 Å². The maximum absolute atomic E-state index is 12.6. The van der Waals surface area contributed by atoms with Crippen molar-refractivity contribution >= 4 is 11.6 Å². The summed E-state index contributed by atoms with van der Waals surface area (Å²) in [5.41, 5.74) is 1.38. The number of hydrogen-bond acceptors (Lipinski definition) is 3. The molecule has 0 spiro atoms. The van der Waals surface area contributed by atoms with Crippen LogP contribution in [0.2, 0.25) is 0 Å². The summed E-state index contributed by atoms with van der Waals surface area (Å²) in [6, 6.07) is 9.60. The number of nitrogens with one attached hydrogen (secondary N) is 2. The maximum Gasteiger partial charge on any atom is 0.230 e. The van der Waals surface area contributed by atoms with Gasteiger partial charge in [0.05, 0.1) is 11.4 Å². The molecule has 2 aromatic rings. The third kappa shape index (κ3) is 2.83. The first-order valence-electron chi connectivity index (χ1n) is 7.30. The third-order valence-electron chi connectivity index (χ3n) is 4.16. The molecule has 3 rings (SSSR count). The first-order chi connectivity index (χ1) is 10.2. The molecule has 0 aliphatic carbocycles. The van der Waals surface area contributed by atoms with E-state index in [2.05, 4.69) is 15.7 Å². The topological polar surface area (TPSA) is 59.0 Å². The van der Waals surface area contributed by atoms with Crippen molar-refractivity contribution in [2.75, 3.05) is 18.4 Å². The van der Waals surface area contributed by atoms with E-state index in [9.17, 15) is 4.79 Å². The van der Waals surface area contributed by atoms with Crippen molar-refractivity contribution in [3.8, 4) is 5.69 Å². The second kappa shape index (κ2) is 5.69. The third-order valence-corrected chi connectivity index (χ3v) is 4.16. The lowest BCUT2D eigenvalue weighted by Gasteiger charge is -2.32. The molecule has 0 saturated carbocycles. The van der Waals surface area contributed by atoms with Gasteiger partial charge in [0.25, 0.3) is 0 Å². The van der Waals surface area contributed by atoms with Gasteiger partial charge in [-0.15, -0.1) is 0 Å². The van der Waals surface area contributed by atoms with Crippen LogP contribution in [0.15, 0.2) is 42.7 Å². The van der Waals surface area contributed by atoms with E-state index >= 15 is 0 Å². The molecular formula is C16H20N4O. The quantitative estimate of drug-likeness (QED) is 0.908. The Morgan fingerprint density at radius 1 is 1.29 bits per heavy atom. The normalized spacial score (nSPS) is 17.4. The zero-order chi connectivity index (χ0) is 14.7. The number of benzene rings is 1. The van der Waals surface area contributed by atoms with Gasteiger partial charge in [0.15, 0.2) is 0 Å². The van der Waals surface area contributed by atoms with Gasteiger partial charge in [-0.3, -0.25) is 4.79 Å². The highest BCUT2D eigenvalue weighted by Gasteiger charge is 2.34. The van der Waals surface area contributed by atoms with Gasteiger partial charge in [0.2, 0.25) is 5.91 Å². The van der Waals surface area contributed by atoms with E-state index in [0.717, 1.165) is 37.3 Å². The minimum absolute atomic E-state index is 0.0867. The van der Waals surface area contributed by atoms with Crippen LogP contribution in [0.1, 0.15) is 19.8 Å². The van der Waals surface area contributed by atoms with Gasteiger partial charge < -0.3 is 10.6 Å². The van der Waals surface area contributed by atoms with Crippen molar-refractivity contribution in [2.45, 2.75) is 19.8 Å². The average molecular weight is 284 g/mol. The second-order valence-electron chi connectivity index (χ2n) is 5.73. The Balaban J connectivity index is 1.83. The van der Waals surface area contributed by atoms with Gasteiger partial charge in [-0.05, 0) is 44.1 Å². The molecule has 1 fully saturated rings. The molecule has 1 aromatic heterocycles. The van der Waals surface area contributed by atoms with Crippen LogP contribution < -0.4 is 10.6 Å². The summed E-state index contributed by atoms with van der Waals surface area (Å²) in [5.74, 6) is 0.0867. The SMILES string of the molecule is CC1(C(=O)Nc2ccccc2-n2cccn2)CCNCC1. The second-order valence-corrected chi connectivity index (χ2v) is 5.73. The van der Waals surface area contributed by atoms with E-state index < -0.39 is 0 Å². The average Bonchev–Trinajstić information content (AvgIpc) is 3.02. The van der Waals surface area contributed by atoms with Crippen molar-refractivity contribution in [2.24, 2.45) is 5.41 Å². The number of nitrogens with zero attached hydrogens (tertiary/aromatic N) is 2. The molecule has 1 saturated heterocycles. The Hall–Kier alpha value is -2.14. The largest absolute Gasteiger partial charge is 0.324 e. The number of amides is 1. The Morgan fingerprint density at radius 3 is 2.76 bits per heavy atom. The molecule has 1 aromatic carbocycles. The zero-order valence-corrected chi connectivity index (χ0v) is 12.2. The standard InChI is InChI=1S/C16H20N4O/c1-16(7-10-17-11-8-16)15(21)19-13-5-2-3-6-14(13)20-12-4-9-18-20/h2-6,9,12,17H,7-8,10-11H2,1H3,(H,19,21). The maximum atomic E-state index is 12.6. The number of carbonyl (C=O) groups is 1. The molecule has 2 N–H and O–H groups in total. The fraction of sp³-hybridized carbons (Fsp3) is 0.375. The lowest BCUT2D eigenvalue weighted by Crippen LogP contribution is -2.42. The Labute approximate surface area is 124 Å². The number of hydrogen-bond donors (Lipinski definition) is 2. The van der Waals surface area contributed by atoms with Gasteiger partial charge in [-0.2, -0.15) is 5.10 Å². The molecule has 1 aliphatic rings. The number of rotatable bonds is 3. The van der Waals surface area contributed by atoms with E-state index in [1.54, 1.807) is 10.9 Å². The number of anilines is 1. The van der Waals surface area contributed by atoms with Crippen LogP contribution in [-0.2, 0) is 4.79 Å². The highest BCUT2D eigenvalue weighted by Crippen LogP contribution is 2.30. The van der Waals surface area contributed by atoms with Gasteiger partial charge in [0, 0.05) is 17.8 Å². The lowest BCUT2D eigenvalue weighted by atomic mass is 9.80. The fourth-order valence-electron chi connectivity index (χ4n) is 2.67. The van der Waals surface area contributed by atoms with Gasteiger partial charge >= 0.3 is 0 Å². The van der Waals surface area contributed by atoms with Crippen molar-refractivity contribution in [3.63, 3.8) is 0 Å². The summed E-state index contributed by atoms with van der Waals surface area (Å²) >= 11 is 0. The monoisotopic (exact) mass is 284 g/mol. The number of aromatic nitrogens is 2. The van der Waals surface area contributed by atoms with Crippen LogP contribution in [0.25, 0.3) is 5.69 Å². The molecule has 110 valence electrons. The highest BCUT2D eigenvalue weighted by molar-refractivity contribution is 5.96. The Kier molecular flexibility index (Phi) is 3.75. The van der Waals surface area contributed by atoms with E-state index in [1.165, 1.54) is 0 Å². The summed E-state index contributed by atoms with van der Waals surface area (Å²) in [5, 5.41) is 10.6. The van der Waals surface area contributed by atoms with E-state index in [1.807, 2.05) is 43.5 Å². The smallest absolute Gasteiger partial charge is 0.230 e.